The van der Waals surface area contributed by atoms with E-state index in [9.17, 15) is 0 Å². The van der Waals surface area contributed by atoms with Crippen molar-refractivity contribution in [2.45, 2.75) is 57.5 Å². The largest absolute Gasteiger partial charge is 0.356 e. The second kappa shape index (κ2) is 7.21. The maximum Gasteiger partial charge on any atom is 0.163 e. The van der Waals surface area contributed by atoms with E-state index in [0.717, 1.165) is 12.8 Å². The normalized spacial score (nSPS) is 34.5. The number of rotatable bonds is 6. The average Bonchev–Trinajstić information content (AvgIpc) is 2.50. The van der Waals surface area contributed by atoms with E-state index in [0.29, 0.717) is 11.8 Å². The predicted octanol–water partition coefficient (Wildman–Crippen LogP) is 3.20. The fraction of sp³-hybridized carbons (Fsp3) is 1.00. The first-order chi connectivity index (χ1) is 9.74. The van der Waals surface area contributed by atoms with Gasteiger partial charge in [-0.2, -0.15) is 0 Å². The molecule has 0 bridgehead atoms. The van der Waals surface area contributed by atoms with Crippen molar-refractivity contribution in [1.29, 1.82) is 0 Å². The van der Waals surface area contributed by atoms with Gasteiger partial charge in [-0.05, 0) is 31.6 Å². The highest BCUT2D eigenvalue weighted by molar-refractivity contribution is 5.01. The van der Waals surface area contributed by atoms with Crippen molar-refractivity contribution in [1.82, 2.24) is 0 Å². The van der Waals surface area contributed by atoms with Crippen molar-refractivity contribution in [2.24, 2.45) is 17.3 Å². The predicted molar refractivity (Wildman–Crippen MR) is 77.3 cm³/mol. The van der Waals surface area contributed by atoms with E-state index in [1.807, 2.05) is 0 Å². The van der Waals surface area contributed by atoms with Crippen molar-refractivity contribution in [3.8, 4) is 0 Å². The minimum Gasteiger partial charge on any atom is -0.356 e. The highest BCUT2D eigenvalue weighted by atomic mass is 16.7. The van der Waals surface area contributed by atoms with E-state index in [-0.39, 0.29) is 18.0 Å². The summed E-state index contributed by atoms with van der Waals surface area (Å²) in [5.41, 5.74) is 0.0384. The lowest BCUT2D eigenvalue weighted by molar-refractivity contribution is -0.277. The lowest BCUT2D eigenvalue weighted by Gasteiger charge is -2.56. The number of hydrogen-bond acceptors (Lipinski definition) is 4. The van der Waals surface area contributed by atoms with Crippen LogP contribution in [0, 0.1) is 17.3 Å². The molecular formula is C16H30O4. The zero-order chi connectivity index (χ0) is 14.6. The Morgan fingerprint density at radius 2 is 1.45 bits per heavy atom. The minimum absolute atomic E-state index is 0.0384. The highest BCUT2D eigenvalue weighted by Gasteiger charge is 2.56. The molecule has 0 aliphatic heterocycles. The molecule has 2 aliphatic carbocycles. The molecule has 0 radical (unpaired) electrons. The molecule has 4 nitrogen and oxygen atoms in total. The number of fused-ring (bicyclic) bond motifs is 1. The monoisotopic (exact) mass is 286 g/mol. The van der Waals surface area contributed by atoms with Crippen LogP contribution in [0.3, 0.4) is 0 Å². The highest BCUT2D eigenvalue weighted by Crippen LogP contribution is 2.57. The second-order valence-electron chi connectivity index (χ2n) is 6.24. The second-order valence-corrected chi connectivity index (χ2v) is 6.24. The first-order valence-electron chi connectivity index (χ1n) is 7.85. The molecule has 0 aromatic heterocycles. The summed E-state index contributed by atoms with van der Waals surface area (Å²) in [4.78, 5) is 0. The molecule has 0 saturated heterocycles. The van der Waals surface area contributed by atoms with E-state index in [1.54, 1.807) is 28.4 Å². The zero-order valence-electron chi connectivity index (χ0n) is 13.4. The molecule has 3 atom stereocenters. The van der Waals surface area contributed by atoms with Crippen LogP contribution in [-0.2, 0) is 18.9 Å². The van der Waals surface area contributed by atoms with E-state index < -0.39 is 0 Å². The summed E-state index contributed by atoms with van der Waals surface area (Å²) in [6, 6.07) is 0. The lowest BCUT2D eigenvalue weighted by atomic mass is 9.53. The standard InChI is InChI=1S/C16H30O4/c1-17-14(18-2)13-10-7-9-12-8-5-6-11-16(12,13)15(19-3)20-4/h12-15H,5-11H2,1-4H3/t12-,13?,16+/m1/s1. The van der Waals surface area contributed by atoms with Gasteiger partial charge >= 0.3 is 0 Å². The van der Waals surface area contributed by atoms with Gasteiger partial charge in [0, 0.05) is 39.8 Å². The Balaban J connectivity index is 2.36. The fourth-order valence-electron chi connectivity index (χ4n) is 4.88. The van der Waals surface area contributed by atoms with Gasteiger partial charge in [0.2, 0.25) is 0 Å². The van der Waals surface area contributed by atoms with Gasteiger partial charge in [-0.15, -0.1) is 0 Å². The van der Waals surface area contributed by atoms with E-state index in [2.05, 4.69) is 0 Å². The van der Waals surface area contributed by atoms with E-state index >= 15 is 0 Å². The summed E-state index contributed by atoms with van der Waals surface area (Å²) in [5.74, 6) is 1.01. The number of methoxy groups -OCH3 is 4. The SMILES string of the molecule is COC(OC)C1CCC[C@H]2CCCC[C@@]12C(OC)OC. The molecule has 2 fully saturated rings. The Morgan fingerprint density at radius 1 is 0.800 bits per heavy atom. The Hall–Kier alpha value is -0.160. The molecular weight excluding hydrogens is 256 g/mol. The first-order valence-corrected chi connectivity index (χ1v) is 7.85. The van der Waals surface area contributed by atoms with Crippen molar-refractivity contribution in [3.05, 3.63) is 0 Å². The maximum atomic E-state index is 5.74. The Morgan fingerprint density at radius 3 is 2.05 bits per heavy atom. The van der Waals surface area contributed by atoms with E-state index in [4.69, 9.17) is 18.9 Å². The van der Waals surface area contributed by atoms with Crippen LogP contribution in [0.2, 0.25) is 0 Å². The molecule has 118 valence electrons. The van der Waals surface area contributed by atoms with Crippen LogP contribution in [0.1, 0.15) is 44.9 Å². The number of ether oxygens (including phenoxy) is 4. The summed E-state index contributed by atoms with van der Waals surface area (Å²) in [6.45, 7) is 0. The molecule has 2 saturated carbocycles. The Labute approximate surface area is 123 Å². The van der Waals surface area contributed by atoms with Crippen molar-refractivity contribution < 1.29 is 18.9 Å². The van der Waals surface area contributed by atoms with Gasteiger partial charge in [-0.3, -0.25) is 0 Å². The Bertz CT molecular complexity index is 282. The van der Waals surface area contributed by atoms with Crippen LogP contribution >= 0.6 is 0 Å². The van der Waals surface area contributed by atoms with Gasteiger partial charge in [-0.1, -0.05) is 19.3 Å². The van der Waals surface area contributed by atoms with Crippen molar-refractivity contribution in [2.75, 3.05) is 28.4 Å². The molecule has 2 rings (SSSR count). The molecule has 0 amide bonds. The van der Waals surface area contributed by atoms with Crippen LogP contribution in [0.15, 0.2) is 0 Å². The molecule has 0 heterocycles. The summed E-state index contributed by atoms with van der Waals surface area (Å²) in [7, 11) is 7.00. The van der Waals surface area contributed by atoms with Crippen LogP contribution in [0.4, 0.5) is 0 Å². The average molecular weight is 286 g/mol. The molecule has 0 aromatic carbocycles. The molecule has 0 aromatic rings. The topological polar surface area (TPSA) is 36.9 Å². The molecule has 4 heteroatoms. The van der Waals surface area contributed by atoms with Crippen LogP contribution in [0.5, 0.6) is 0 Å². The van der Waals surface area contributed by atoms with Gasteiger partial charge in [0.25, 0.3) is 0 Å². The minimum atomic E-state index is -0.163. The maximum absolute atomic E-state index is 5.74. The van der Waals surface area contributed by atoms with Crippen LogP contribution in [-0.4, -0.2) is 41.0 Å². The van der Waals surface area contributed by atoms with Crippen LogP contribution in [0.25, 0.3) is 0 Å². The van der Waals surface area contributed by atoms with Gasteiger partial charge in [0.15, 0.2) is 12.6 Å². The van der Waals surface area contributed by atoms with Gasteiger partial charge in [0.05, 0.1) is 0 Å². The van der Waals surface area contributed by atoms with Gasteiger partial charge < -0.3 is 18.9 Å². The summed E-state index contributed by atoms with van der Waals surface area (Å²) >= 11 is 0. The fourth-order valence-corrected chi connectivity index (χ4v) is 4.88. The van der Waals surface area contributed by atoms with E-state index in [1.165, 1.54) is 32.1 Å². The third-order valence-corrected chi connectivity index (χ3v) is 5.59. The zero-order valence-corrected chi connectivity index (χ0v) is 13.4. The van der Waals surface area contributed by atoms with Gasteiger partial charge in [-0.25, -0.2) is 0 Å². The molecule has 0 N–H and O–H groups in total. The first kappa shape index (κ1) is 16.2. The summed E-state index contributed by atoms with van der Waals surface area (Å²) in [6.07, 6.45) is 8.33. The summed E-state index contributed by atoms with van der Waals surface area (Å²) < 4.78 is 22.7. The number of hydrogen-bond donors (Lipinski definition) is 0. The van der Waals surface area contributed by atoms with Gasteiger partial charge in [0.1, 0.15) is 0 Å². The molecule has 20 heavy (non-hydrogen) atoms. The van der Waals surface area contributed by atoms with Crippen molar-refractivity contribution in [3.63, 3.8) is 0 Å². The lowest BCUT2D eigenvalue weighted by Crippen LogP contribution is -2.56. The summed E-state index contributed by atoms with van der Waals surface area (Å²) in [5, 5.41) is 0. The molecule has 0 spiro atoms. The van der Waals surface area contributed by atoms with Crippen LogP contribution < -0.4 is 0 Å². The molecule has 2 aliphatic rings. The molecule has 1 unspecified atom stereocenters. The van der Waals surface area contributed by atoms with Crippen molar-refractivity contribution >= 4 is 0 Å². The third-order valence-electron chi connectivity index (χ3n) is 5.59. The third kappa shape index (κ3) is 2.63. The smallest absolute Gasteiger partial charge is 0.163 e. The Kier molecular flexibility index (Phi) is 5.84. The quantitative estimate of drug-likeness (QED) is 0.703.